The van der Waals surface area contributed by atoms with Crippen LogP contribution in [0.3, 0.4) is 0 Å². The molecule has 7 rings (SSSR count). The van der Waals surface area contributed by atoms with Gasteiger partial charge in [-0.3, -0.25) is 4.79 Å². The van der Waals surface area contributed by atoms with Crippen molar-refractivity contribution in [3.8, 4) is 0 Å². The maximum absolute atomic E-state index is 14.0. The van der Waals surface area contributed by atoms with E-state index in [4.69, 9.17) is 37.9 Å². The lowest BCUT2D eigenvalue weighted by atomic mass is 9.97. The number of carbonyl (C=O) groups excluding carboxylic acids is 2. The Hall–Kier alpha value is -6.26. The summed E-state index contributed by atoms with van der Waals surface area (Å²) in [6, 6.07) is 58.5. The fourth-order valence-electron chi connectivity index (χ4n) is 9.33. The van der Waals surface area contributed by atoms with Crippen LogP contribution in [0.4, 0.5) is 4.79 Å². The van der Waals surface area contributed by atoms with E-state index >= 15 is 0 Å². The van der Waals surface area contributed by atoms with E-state index in [-0.39, 0.29) is 52.2 Å². The molecule has 0 saturated carbocycles. The minimum absolute atomic E-state index is 0.0870. The lowest BCUT2D eigenvalue weighted by Crippen LogP contribution is -2.62. The summed E-state index contributed by atoms with van der Waals surface area (Å²) in [7, 11) is 0. The summed E-state index contributed by atoms with van der Waals surface area (Å²) in [5.41, 5.74) is 5.80. The van der Waals surface area contributed by atoms with Crippen LogP contribution in [0, 0.1) is 0 Å². The Labute approximate surface area is 461 Å². The second-order valence-electron chi connectivity index (χ2n) is 19.8. The van der Waals surface area contributed by atoms with Gasteiger partial charge in [0, 0.05) is 13.0 Å². The second kappa shape index (κ2) is 34.6. The van der Waals surface area contributed by atoms with E-state index in [1.807, 2.05) is 189 Å². The van der Waals surface area contributed by atoms with Gasteiger partial charge in [0.1, 0.15) is 37.1 Å². The number of aliphatic hydroxyl groups excluding tert-OH is 1. The molecule has 1 fully saturated rings. The Bertz CT molecular complexity index is 2510. The first kappa shape index (κ1) is 59.4. The Morgan fingerprint density at radius 3 is 1.46 bits per heavy atom. The minimum atomic E-state index is -1.05. The molecule has 6 aromatic carbocycles. The normalized spacial score (nSPS) is 18.4. The molecule has 13 heteroatoms. The van der Waals surface area contributed by atoms with Gasteiger partial charge in [0.15, 0.2) is 6.29 Å². The van der Waals surface area contributed by atoms with Crippen LogP contribution in [0.5, 0.6) is 0 Å². The maximum atomic E-state index is 14.0. The molecule has 78 heavy (non-hydrogen) atoms. The molecule has 13 nitrogen and oxygen atoms in total. The average molecular weight is 1070 g/mol. The molecule has 0 spiro atoms. The van der Waals surface area contributed by atoms with Gasteiger partial charge in [-0.1, -0.05) is 221 Å². The molecule has 0 aromatic heterocycles. The average Bonchev–Trinajstić information content (AvgIpc) is 3.54. The third kappa shape index (κ3) is 21.2. The molecule has 0 bridgehead atoms. The number of amides is 2. The summed E-state index contributed by atoms with van der Waals surface area (Å²) in [5.74, 6) is -0.169. The highest BCUT2D eigenvalue weighted by Gasteiger charge is 2.49. The Morgan fingerprint density at radius 2 is 0.949 bits per heavy atom. The molecular weight excluding hydrogens is 985 g/mol. The molecule has 3 N–H and O–H groups in total. The van der Waals surface area contributed by atoms with Crippen molar-refractivity contribution in [2.45, 2.75) is 153 Å². The quantitative estimate of drug-likeness (QED) is 0.0326. The first-order valence-electron chi connectivity index (χ1n) is 27.8. The van der Waals surface area contributed by atoms with Crippen molar-refractivity contribution in [3.05, 3.63) is 215 Å². The van der Waals surface area contributed by atoms with Crippen LogP contribution in [0.1, 0.15) is 98.1 Å². The van der Waals surface area contributed by atoms with Crippen LogP contribution in [0.2, 0.25) is 0 Å². The highest BCUT2D eigenvalue weighted by atomic mass is 16.7. The zero-order chi connectivity index (χ0) is 54.2. The van der Waals surface area contributed by atoms with Crippen molar-refractivity contribution < 1.29 is 52.6 Å². The fourth-order valence-corrected chi connectivity index (χ4v) is 9.33. The van der Waals surface area contributed by atoms with Crippen LogP contribution in [0.25, 0.3) is 0 Å². The Kier molecular flexibility index (Phi) is 26.3. The lowest BCUT2D eigenvalue weighted by molar-refractivity contribution is -0.330. The lowest BCUT2D eigenvalue weighted by Gasteiger charge is -2.46. The molecule has 2 unspecified atom stereocenters. The fraction of sp³-hybridized carbons (Fsp3) is 0.415. The van der Waals surface area contributed by atoms with E-state index in [0.29, 0.717) is 32.4 Å². The van der Waals surface area contributed by atoms with Crippen molar-refractivity contribution in [1.29, 1.82) is 0 Å². The summed E-state index contributed by atoms with van der Waals surface area (Å²) < 4.78 is 53.0. The zero-order valence-electron chi connectivity index (χ0n) is 45.2. The predicted molar refractivity (Wildman–Crippen MR) is 301 cm³/mol. The number of carbonyl (C=O) groups is 2. The molecule has 1 heterocycles. The van der Waals surface area contributed by atoms with Crippen molar-refractivity contribution in [2.24, 2.45) is 0 Å². The van der Waals surface area contributed by atoms with E-state index in [9.17, 15) is 14.7 Å². The SMILES string of the molecule is CC[C@@H](O)[C@@H](OCc1ccccc1)[C@H](CO[C@H]1OC(COCc2ccccc2)[C@H](OCc2ccccc2)[C@H](OCc2ccccc2)C1OCc1ccccc1)NC(=O)CCCCCCCCCNC(=O)OCc1ccccc1. The number of nitrogens with one attached hydrogen (secondary N) is 2. The van der Waals surface area contributed by atoms with Crippen LogP contribution in [0.15, 0.2) is 182 Å². The maximum Gasteiger partial charge on any atom is 0.407 e. The first-order chi connectivity index (χ1) is 38.4. The van der Waals surface area contributed by atoms with Gasteiger partial charge >= 0.3 is 6.09 Å². The third-order valence-corrected chi connectivity index (χ3v) is 13.7. The second-order valence-corrected chi connectivity index (χ2v) is 19.8. The minimum Gasteiger partial charge on any atom is -0.445 e. The van der Waals surface area contributed by atoms with E-state index in [1.54, 1.807) is 0 Å². The van der Waals surface area contributed by atoms with E-state index in [2.05, 4.69) is 10.6 Å². The van der Waals surface area contributed by atoms with Crippen molar-refractivity contribution in [1.82, 2.24) is 10.6 Å². The standard InChI is InChI=1S/C65H80N2O11/c1-2-57(68)60(72-43-51-30-16-9-17-31-51)56(67-59(69)40-26-6-4-3-5-7-27-41-66-65(70)77-47-55-38-24-13-25-39-55)48-76-64-63(75-46-54-36-22-12-23-37-54)62(74-45-53-34-20-11-21-35-53)61(73-44-52-32-18-10-19-33-52)58(78-64)49-71-42-50-28-14-8-15-29-50/h8-25,28-39,56-58,60-64,68H,2-7,26-27,40-49H2,1H3,(H,66,70)(H,67,69)/t56-,57+,58?,60-,61-,62-,63?,64-/m0/s1. The molecule has 0 aliphatic carbocycles. The number of rotatable bonds is 35. The van der Waals surface area contributed by atoms with Gasteiger partial charge < -0.3 is 53.6 Å². The Morgan fingerprint density at radius 1 is 0.513 bits per heavy atom. The van der Waals surface area contributed by atoms with E-state index in [1.165, 1.54) is 0 Å². The topological polar surface area (TPSA) is 152 Å². The highest BCUT2D eigenvalue weighted by molar-refractivity contribution is 5.76. The number of hydrogen-bond acceptors (Lipinski definition) is 11. The molecule has 1 saturated heterocycles. The van der Waals surface area contributed by atoms with Gasteiger partial charge in [-0.15, -0.1) is 0 Å². The van der Waals surface area contributed by atoms with Crippen LogP contribution < -0.4 is 10.6 Å². The van der Waals surface area contributed by atoms with Gasteiger partial charge in [-0.25, -0.2) is 4.79 Å². The van der Waals surface area contributed by atoms with Crippen LogP contribution >= 0.6 is 0 Å². The van der Waals surface area contributed by atoms with Gasteiger partial charge in [0.2, 0.25) is 5.91 Å². The summed E-state index contributed by atoms with van der Waals surface area (Å²) >= 11 is 0. The number of ether oxygens (including phenoxy) is 8. The number of aliphatic hydroxyl groups is 1. The van der Waals surface area contributed by atoms with Crippen LogP contribution in [-0.2, 0) is 82.3 Å². The Balaban J connectivity index is 1.05. The molecule has 8 atom stereocenters. The highest BCUT2D eigenvalue weighted by Crippen LogP contribution is 2.32. The van der Waals surface area contributed by atoms with Crippen LogP contribution in [-0.4, -0.2) is 85.8 Å². The molecule has 6 aromatic rings. The van der Waals surface area contributed by atoms with Gasteiger partial charge in [0.05, 0.1) is 58.4 Å². The van der Waals surface area contributed by atoms with E-state index in [0.717, 1.165) is 71.9 Å². The monoisotopic (exact) mass is 1060 g/mol. The number of unbranched alkanes of at least 4 members (excludes halogenated alkanes) is 6. The summed E-state index contributed by atoms with van der Waals surface area (Å²) in [5, 5.41) is 17.8. The van der Waals surface area contributed by atoms with Gasteiger partial charge in [-0.2, -0.15) is 0 Å². The summed E-state index contributed by atoms with van der Waals surface area (Å²) in [6.07, 6.45) is 0.938. The number of hydrogen-bond donors (Lipinski definition) is 3. The molecule has 1 aliphatic rings. The van der Waals surface area contributed by atoms with Gasteiger partial charge in [-0.05, 0) is 52.6 Å². The molecule has 416 valence electrons. The van der Waals surface area contributed by atoms with Crippen molar-refractivity contribution >= 4 is 12.0 Å². The van der Waals surface area contributed by atoms with Gasteiger partial charge in [0.25, 0.3) is 0 Å². The third-order valence-electron chi connectivity index (χ3n) is 13.7. The molecule has 1 aliphatic heterocycles. The predicted octanol–water partition coefficient (Wildman–Crippen LogP) is 11.6. The zero-order valence-corrected chi connectivity index (χ0v) is 45.2. The largest absolute Gasteiger partial charge is 0.445 e. The van der Waals surface area contributed by atoms with Crippen molar-refractivity contribution in [3.63, 3.8) is 0 Å². The summed E-state index contributed by atoms with van der Waals surface area (Å²) in [6.45, 7) is 4.07. The number of benzene rings is 6. The summed E-state index contributed by atoms with van der Waals surface area (Å²) in [4.78, 5) is 26.2. The van der Waals surface area contributed by atoms with Crippen molar-refractivity contribution in [2.75, 3.05) is 19.8 Å². The molecular formula is C65H80N2O11. The molecule has 2 amide bonds. The smallest absolute Gasteiger partial charge is 0.407 e. The van der Waals surface area contributed by atoms with E-state index < -0.39 is 55.0 Å². The number of alkyl carbamates (subject to hydrolysis) is 1. The molecule has 0 radical (unpaired) electrons. The first-order valence-corrected chi connectivity index (χ1v) is 27.8.